The largest absolute Gasteiger partial charge is 0.460 e. The van der Waals surface area contributed by atoms with E-state index in [1.54, 1.807) is 84.9 Å². The Balaban J connectivity index is 1.63. The van der Waals surface area contributed by atoms with Gasteiger partial charge in [-0.1, -0.05) is 60.7 Å². The quantitative estimate of drug-likeness (QED) is 0.124. The number of rotatable bonds is 7. The predicted molar refractivity (Wildman–Crippen MR) is 192 cm³/mol. The van der Waals surface area contributed by atoms with Gasteiger partial charge in [-0.15, -0.1) is 0 Å². The SMILES string of the molecule is FC(F)(F)C(F)(F)C(F)(F)C(F)(F)C(F)(F)C(F)(F)c1c2nc(c(-c3ccccc3)c3ccc(cc4[nH]c(cc4I)c(-c4ccccc4)c4nc1C=C4)[nH]3)C=C2. The zero-order valence-electron chi connectivity index (χ0n) is 27.6. The number of fused-ring (bicyclic) bond motifs is 8. The van der Waals surface area contributed by atoms with E-state index in [1.807, 2.05) is 22.6 Å². The van der Waals surface area contributed by atoms with Crippen LogP contribution in [0, 0.1) is 3.57 Å². The third kappa shape index (κ3) is 5.98. The van der Waals surface area contributed by atoms with Crippen LogP contribution >= 0.6 is 22.6 Å². The van der Waals surface area contributed by atoms with Gasteiger partial charge >= 0.3 is 35.8 Å². The number of aromatic amines is 2. The molecule has 0 aliphatic carbocycles. The van der Waals surface area contributed by atoms with Crippen LogP contribution in [-0.4, -0.2) is 49.8 Å². The molecule has 290 valence electrons. The minimum Gasteiger partial charge on any atom is -0.355 e. The summed E-state index contributed by atoms with van der Waals surface area (Å²) >= 11 is 2.01. The second kappa shape index (κ2) is 13.2. The summed E-state index contributed by atoms with van der Waals surface area (Å²) in [7, 11) is 0. The summed E-state index contributed by atoms with van der Waals surface area (Å²) in [5.41, 5.74) is -2.60. The summed E-state index contributed by atoms with van der Waals surface area (Å²) < 4.78 is 190. The van der Waals surface area contributed by atoms with Gasteiger partial charge in [0.05, 0.1) is 33.9 Å². The Hall–Kier alpha value is -5.14. The summed E-state index contributed by atoms with van der Waals surface area (Å²) in [6.45, 7) is 0. The molecule has 56 heavy (non-hydrogen) atoms. The molecule has 18 heteroatoms. The molecule has 2 aliphatic rings. The van der Waals surface area contributed by atoms with Crippen molar-refractivity contribution in [2.45, 2.75) is 35.8 Å². The maximum Gasteiger partial charge on any atom is 0.460 e. The average molecular weight is 906 g/mol. The molecule has 7 rings (SSSR count). The number of nitrogens with one attached hydrogen (secondary N) is 2. The van der Waals surface area contributed by atoms with Crippen molar-refractivity contribution in [1.29, 1.82) is 0 Å². The first-order valence-electron chi connectivity index (χ1n) is 16.0. The lowest BCUT2D eigenvalue weighted by Crippen LogP contribution is -2.69. The lowest BCUT2D eigenvalue weighted by molar-refractivity contribution is -0.441. The molecule has 0 fully saturated rings. The van der Waals surface area contributed by atoms with E-state index in [4.69, 9.17) is 0 Å². The fourth-order valence-electron chi connectivity index (χ4n) is 6.24. The highest BCUT2D eigenvalue weighted by Gasteiger charge is 2.91. The van der Waals surface area contributed by atoms with Crippen molar-refractivity contribution in [2.24, 2.45) is 0 Å². The van der Waals surface area contributed by atoms with E-state index in [2.05, 4.69) is 19.9 Å². The van der Waals surface area contributed by atoms with Gasteiger partial charge in [-0.05, 0) is 82.3 Å². The maximum absolute atomic E-state index is 16.4. The van der Waals surface area contributed by atoms with Crippen LogP contribution < -0.4 is 0 Å². The molecule has 0 radical (unpaired) electrons. The summed E-state index contributed by atoms with van der Waals surface area (Å²) in [4.78, 5) is 14.4. The molecule has 0 amide bonds. The molecule has 5 heterocycles. The van der Waals surface area contributed by atoms with Gasteiger partial charge in [0.25, 0.3) is 0 Å². The topological polar surface area (TPSA) is 57.4 Å². The minimum atomic E-state index is -8.09. The second-order valence-electron chi connectivity index (χ2n) is 12.6. The van der Waals surface area contributed by atoms with E-state index in [9.17, 15) is 30.7 Å². The number of hydrogen-bond acceptors (Lipinski definition) is 2. The number of nitrogens with zero attached hydrogens (tertiary/aromatic N) is 2. The fourth-order valence-corrected chi connectivity index (χ4v) is 6.84. The molecule has 5 aromatic rings. The van der Waals surface area contributed by atoms with Gasteiger partial charge in [-0.3, -0.25) is 0 Å². The molecule has 0 saturated carbocycles. The number of aromatic nitrogens is 4. The second-order valence-corrected chi connectivity index (χ2v) is 13.7. The van der Waals surface area contributed by atoms with Gasteiger partial charge in [0.1, 0.15) is 0 Å². The Kier molecular flexibility index (Phi) is 9.24. The Labute approximate surface area is 320 Å². The van der Waals surface area contributed by atoms with Crippen molar-refractivity contribution >= 4 is 69.0 Å². The number of hydrogen-bond donors (Lipinski definition) is 2. The number of benzene rings is 2. The molecule has 0 saturated heterocycles. The molecule has 0 spiro atoms. The van der Waals surface area contributed by atoms with Crippen LogP contribution in [0.4, 0.5) is 57.1 Å². The summed E-state index contributed by atoms with van der Waals surface area (Å²) in [5, 5.41) is 0. The van der Waals surface area contributed by atoms with Crippen molar-refractivity contribution < 1.29 is 57.1 Å². The van der Waals surface area contributed by atoms with E-state index in [0.717, 1.165) is 12.2 Å². The number of halogens is 14. The monoisotopic (exact) mass is 906 g/mol. The van der Waals surface area contributed by atoms with Crippen molar-refractivity contribution in [3.63, 3.8) is 0 Å². The highest BCUT2D eigenvalue weighted by molar-refractivity contribution is 14.1. The van der Waals surface area contributed by atoms with Crippen LogP contribution in [0.5, 0.6) is 0 Å². The lowest BCUT2D eigenvalue weighted by atomic mass is 9.89. The molecule has 2 N–H and O–H groups in total. The van der Waals surface area contributed by atoms with Crippen LogP contribution in [-0.2, 0) is 5.92 Å². The Morgan fingerprint density at radius 3 is 1.41 bits per heavy atom. The van der Waals surface area contributed by atoms with Gasteiger partial charge in [-0.25, -0.2) is 9.97 Å². The molecule has 8 bridgehead atoms. The summed E-state index contributed by atoms with van der Waals surface area (Å²) in [6, 6.07) is 22.5. The molecular weight excluding hydrogens is 886 g/mol. The maximum atomic E-state index is 16.4. The first-order valence-corrected chi connectivity index (χ1v) is 17.1. The van der Waals surface area contributed by atoms with Gasteiger partial charge in [0.15, 0.2) is 0 Å². The van der Waals surface area contributed by atoms with Crippen LogP contribution in [0.2, 0.25) is 0 Å². The molecule has 2 aromatic carbocycles. The van der Waals surface area contributed by atoms with Crippen molar-refractivity contribution in [1.82, 2.24) is 19.9 Å². The van der Waals surface area contributed by atoms with Crippen LogP contribution in [0.15, 0.2) is 84.9 Å². The first-order chi connectivity index (χ1) is 26.1. The van der Waals surface area contributed by atoms with E-state index < -0.39 is 52.7 Å². The third-order valence-electron chi connectivity index (χ3n) is 9.02. The van der Waals surface area contributed by atoms with Gasteiger partial charge in [0.2, 0.25) is 0 Å². The smallest absolute Gasteiger partial charge is 0.355 e. The van der Waals surface area contributed by atoms with E-state index in [-0.39, 0.29) is 28.0 Å². The summed E-state index contributed by atoms with van der Waals surface area (Å²) in [6.07, 6.45) is -4.20. The molecule has 2 aliphatic heterocycles. The van der Waals surface area contributed by atoms with E-state index in [0.29, 0.717) is 43.4 Å². The molecular formula is C38H20F13IN4. The Morgan fingerprint density at radius 2 is 0.911 bits per heavy atom. The van der Waals surface area contributed by atoms with E-state index >= 15 is 26.3 Å². The zero-order chi connectivity index (χ0) is 40.6. The summed E-state index contributed by atoms with van der Waals surface area (Å²) in [5.74, 6) is -38.3. The highest BCUT2D eigenvalue weighted by Crippen LogP contribution is 2.62. The van der Waals surface area contributed by atoms with E-state index in [1.165, 1.54) is 0 Å². The minimum absolute atomic E-state index is 0.150. The lowest BCUT2D eigenvalue weighted by Gasteiger charge is -2.40. The fraction of sp³-hybridized carbons (Fsp3) is 0.158. The molecule has 0 atom stereocenters. The highest BCUT2D eigenvalue weighted by atomic mass is 127. The van der Waals surface area contributed by atoms with Gasteiger partial charge < -0.3 is 9.97 Å². The van der Waals surface area contributed by atoms with Crippen molar-refractivity contribution in [3.05, 3.63) is 117 Å². The van der Waals surface area contributed by atoms with Gasteiger partial charge in [0, 0.05) is 31.2 Å². The standard InChI is InChI=1S/C38H20F13IN4/c39-33(40,34(41,42)35(43,44)36(45,46)37(47,48)38(49,50)51)32-26-15-13-24(54-26)30(19-7-3-1-4-8-19)23-12-11-21(53-23)17-28-22(52)18-29(56-28)31(20-9-5-2-6-10-20)25-14-16-27(32)55-25/h1-18,53,56H. The normalized spacial score (nSPS) is 14.1. The molecule has 4 nitrogen and oxygen atoms in total. The average Bonchev–Trinajstić information content (AvgIpc) is 3.95. The third-order valence-corrected chi connectivity index (χ3v) is 9.91. The number of alkyl halides is 13. The number of H-pyrrole nitrogens is 2. The van der Waals surface area contributed by atoms with Crippen LogP contribution in [0.25, 0.3) is 68.6 Å². The Bertz CT molecular complexity index is 2570. The van der Waals surface area contributed by atoms with Gasteiger partial charge in [-0.2, -0.15) is 57.1 Å². The Morgan fingerprint density at radius 1 is 0.446 bits per heavy atom. The predicted octanol–water partition coefficient (Wildman–Crippen LogP) is 12.8. The zero-order valence-corrected chi connectivity index (χ0v) is 29.7. The molecule has 3 aromatic heterocycles. The first kappa shape index (κ1) is 39.1. The molecule has 0 unspecified atom stereocenters. The van der Waals surface area contributed by atoms with Crippen LogP contribution in [0.3, 0.4) is 0 Å². The van der Waals surface area contributed by atoms with Crippen molar-refractivity contribution in [2.75, 3.05) is 0 Å². The van der Waals surface area contributed by atoms with Crippen molar-refractivity contribution in [3.8, 4) is 22.3 Å². The van der Waals surface area contributed by atoms with Crippen LogP contribution in [0.1, 0.15) is 28.3 Å².